The Morgan fingerprint density at radius 1 is 1.20 bits per heavy atom. The molecule has 1 aliphatic carbocycles. The van der Waals surface area contributed by atoms with E-state index in [-0.39, 0.29) is 17.1 Å². The molecule has 2 aromatic heterocycles. The molecule has 9 heteroatoms. The van der Waals surface area contributed by atoms with E-state index in [4.69, 9.17) is 0 Å². The topological polar surface area (TPSA) is 96.1 Å². The Hall–Kier alpha value is -2.16. The van der Waals surface area contributed by atoms with Crippen molar-refractivity contribution in [2.24, 2.45) is 14.1 Å². The fourth-order valence-electron chi connectivity index (χ4n) is 3.10. The Morgan fingerprint density at radius 2 is 1.88 bits per heavy atom. The molecular formula is C16H20N4O4S. The first-order valence-corrected chi connectivity index (χ1v) is 9.10. The van der Waals surface area contributed by atoms with E-state index in [1.54, 1.807) is 7.05 Å². The van der Waals surface area contributed by atoms with Crippen molar-refractivity contribution in [3.05, 3.63) is 26.7 Å². The quantitative estimate of drug-likeness (QED) is 0.453. The van der Waals surface area contributed by atoms with E-state index in [2.05, 4.69) is 14.7 Å². The van der Waals surface area contributed by atoms with Crippen LogP contribution < -0.4 is 11.2 Å². The van der Waals surface area contributed by atoms with Gasteiger partial charge in [-0.25, -0.2) is 14.8 Å². The number of thioether (sulfide) groups is 1. The molecule has 0 unspecified atom stereocenters. The summed E-state index contributed by atoms with van der Waals surface area (Å²) in [5.74, 6) is 0.501. The summed E-state index contributed by atoms with van der Waals surface area (Å²) >= 11 is 1.14. The third kappa shape index (κ3) is 3.20. The molecule has 1 saturated carbocycles. The molecule has 0 aliphatic heterocycles. The molecule has 0 atom stereocenters. The molecule has 0 radical (unpaired) electrons. The summed E-state index contributed by atoms with van der Waals surface area (Å²) in [6.45, 7) is 0. The van der Waals surface area contributed by atoms with E-state index < -0.39 is 17.2 Å². The minimum Gasteiger partial charge on any atom is -0.468 e. The van der Waals surface area contributed by atoms with Gasteiger partial charge in [0.15, 0.2) is 5.65 Å². The van der Waals surface area contributed by atoms with E-state index in [1.165, 1.54) is 18.7 Å². The average Bonchev–Trinajstić information content (AvgIpc) is 3.16. The van der Waals surface area contributed by atoms with Crippen molar-refractivity contribution < 1.29 is 9.53 Å². The standard InChI is InChI=1S/C16H20N4O4S/c1-19-13-11(15(22)20(2)16(19)23)14(25-8-10(21)24-3)18-12(17-13)9-6-4-5-7-9/h9H,4-8H2,1-3H3. The summed E-state index contributed by atoms with van der Waals surface area (Å²) in [5, 5.41) is 0.689. The zero-order valence-corrected chi connectivity index (χ0v) is 15.3. The van der Waals surface area contributed by atoms with Gasteiger partial charge in [-0.05, 0) is 12.8 Å². The molecule has 0 bridgehead atoms. The smallest absolute Gasteiger partial charge is 0.332 e. The highest BCUT2D eigenvalue weighted by Crippen LogP contribution is 2.34. The van der Waals surface area contributed by atoms with Crippen LogP contribution in [0.15, 0.2) is 14.6 Å². The fourth-order valence-corrected chi connectivity index (χ4v) is 3.96. The van der Waals surface area contributed by atoms with Crippen LogP contribution in [0.2, 0.25) is 0 Å². The van der Waals surface area contributed by atoms with Crippen LogP contribution in [-0.2, 0) is 23.6 Å². The van der Waals surface area contributed by atoms with Gasteiger partial charge in [0.2, 0.25) is 0 Å². The van der Waals surface area contributed by atoms with Crippen molar-refractivity contribution in [3.8, 4) is 0 Å². The molecule has 25 heavy (non-hydrogen) atoms. The summed E-state index contributed by atoms with van der Waals surface area (Å²) in [6.07, 6.45) is 4.22. The van der Waals surface area contributed by atoms with E-state index >= 15 is 0 Å². The van der Waals surface area contributed by atoms with Crippen LogP contribution >= 0.6 is 11.8 Å². The number of aryl methyl sites for hydroxylation is 1. The van der Waals surface area contributed by atoms with Crippen molar-refractivity contribution >= 4 is 28.8 Å². The second-order valence-corrected chi connectivity index (χ2v) is 7.10. The van der Waals surface area contributed by atoms with Gasteiger partial charge in [0.25, 0.3) is 5.56 Å². The van der Waals surface area contributed by atoms with Gasteiger partial charge in [-0.3, -0.25) is 18.7 Å². The number of rotatable bonds is 4. The highest BCUT2D eigenvalue weighted by Gasteiger charge is 2.24. The van der Waals surface area contributed by atoms with Crippen LogP contribution in [0.3, 0.4) is 0 Å². The van der Waals surface area contributed by atoms with Crippen LogP contribution in [0.5, 0.6) is 0 Å². The minimum atomic E-state index is -0.455. The number of carbonyl (C=O) groups excluding carboxylic acids is 1. The number of esters is 1. The molecule has 2 heterocycles. The van der Waals surface area contributed by atoms with E-state index in [9.17, 15) is 14.4 Å². The Labute approximate surface area is 148 Å². The molecule has 0 aromatic carbocycles. The molecule has 1 aliphatic rings. The second kappa shape index (κ2) is 6.99. The molecule has 8 nitrogen and oxygen atoms in total. The van der Waals surface area contributed by atoms with Gasteiger partial charge in [0.05, 0.1) is 12.9 Å². The maximum absolute atomic E-state index is 12.6. The van der Waals surface area contributed by atoms with Crippen molar-refractivity contribution in [3.63, 3.8) is 0 Å². The Morgan fingerprint density at radius 3 is 2.52 bits per heavy atom. The molecule has 2 aromatic rings. The lowest BCUT2D eigenvalue weighted by atomic mass is 10.1. The van der Waals surface area contributed by atoms with Gasteiger partial charge in [-0.1, -0.05) is 24.6 Å². The van der Waals surface area contributed by atoms with Crippen LogP contribution in [-0.4, -0.2) is 37.9 Å². The first kappa shape index (κ1) is 17.7. The molecule has 0 N–H and O–H groups in total. The van der Waals surface area contributed by atoms with Crippen molar-refractivity contribution in [1.82, 2.24) is 19.1 Å². The first-order chi connectivity index (χ1) is 11.9. The third-order valence-electron chi connectivity index (χ3n) is 4.56. The molecule has 0 spiro atoms. The number of nitrogens with zero attached hydrogens (tertiary/aromatic N) is 4. The maximum Gasteiger partial charge on any atom is 0.332 e. The number of fused-ring (bicyclic) bond motifs is 1. The number of ether oxygens (including phenoxy) is 1. The second-order valence-electron chi connectivity index (χ2n) is 6.14. The first-order valence-electron chi connectivity index (χ1n) is 8.11. The molecule has 1 fully saturated rings. The Bertz CT molecular complexity index is 944. The lowest BCUT2D eigenvalue weighted by Crippen LogP contribution is -2.38. The lowest BCUT2D eigenvalue weighted by Gasteiger charge is -2.14. The zero-order valence-electron chi connectivity index (χ0n) is 14.4. The van der Waals surface area contributed by atoms with Crippen LogP contribution in [0.4, 0.5) is 0 Å². The Balaban J connectivity index is 2.23. The maximum atomic E-state index is 12.6. The number of hydrogen-bond donors (Lipinski definition) is 0. The summed E-state index contributed by atoms with van der Waals surface area (Å²) < 4.78 is 7.06. The number of methoxy groups -OCH3 is 1. The average molecular weight is 364 g/mol. The molecular weight excluding hydrogens is 344 g/mol. The van der Waals surface area contributed by atoms with E-state index in [1.807, 2.05) is 0 Å². The SMILES string of the molecule is COC(=O)CSc1nc(C2CCCC2)nc2c1c(=O)n(C)c(=O)n2C. The fraction of sp³-hybridized carbons (Fsp3) is 0.562. The van der Waals surface area contributed by atoms with Crippen molar-refractivity contribution in [1.29, 1.82) is 0 Å². The van der Waals surface area contributed by atoms with Gasteiger partial charge < -0.3 is 4.74 Å². The summed E-state index contributed by atoms with van der Waals surface area (Å²) in [5.41, 5.74) is -0.571. The Kier molecular flexibility index (Phi) is 4.94. The largest absolute Gasteiger partial charge is 0.468 e. The van der Waals surface area contributed by atoms with Crippen molar-refractivity contribution in [2.45, 2.75) is 36.6 Å². The van der Waals surface area contributed by atoms with E-state index in [0.717, 1.165) is 42.0 Å². The number of carbonyl (C=O) groups is 1. The summed E-state index contributed by atoms with van der Waals surface area (Å²) in [7, 11) is 4.32. The summed E-state index contributed by atoms with van der Waals surface area (Å²) in [6, 6.07) is 0. The predicted octanol–water partition coefficient (Wildman–Crippen LogP) is 0.950. The van der Waals surface area contributed by atoms with Crippen LogP contribution in [0.25, 0.3) is 11.0 Å². The molecule has 3 rings (SSSR count). The van der Waals surface area contributed by atoms with E-state index in [0.29, 0.717) is 16.5 Å². The number of hydrogen-bond acceptors (Lipinski definition) is 7. The lowest BCUT2D eigenvalue weighted by molar-refractivity contribution is -0.137. The highest BCUT2D eigenvalue weighted by atomic mass is 32.2. The third-order valence-corrected chi connectivity index (χ3v) is 5.51. The van der Waals surface area contributed by atoms with Gasteiger partial charge in [-0.15, -0.1) is 0 Å². The van der Waals surface area contributed by atoms with Crippen molar-refractivity contribution in [2.75, 3.05) is 12.9 Å². The molecule has 0 saturated heterocycles. The summed E-state index contributed by atoms with van der Waals surface area (Å²) in [4.78, 5) is 45.5. The van der Waals surface area contributed by atoms with Gasteiger partial charge in [0, 0.05) is 20.0 Å². The number of aromatic nitrogens is 4. The molecule has 0 amide bonds. The minimum absolute atomic E-state index is 0.0404. The molecule has 134 valence electrons. The zero-order chi connectivity index (χ0) is 18.1. The van der Waals surface area contributed by atoms with Crippen LogP contribution in [0, 0.1) is 0 Å². The van der Waals surface area contributed by atoms with Gasteiger partial charge in [-0.2, -0.15) is 0 Å². The highest BCUT2D eigenvalue weighted by molar-refractivity contribution is 8.00. The van der Waals surface area contributed by atoms with Gasteiger partial charge >= 0.3 is 11.7 Å². The predicted molar refractivity (Wildman–Crippen MR) is 94.0 cm³/mol. The normalized spacial score (nSPS) is 15.0. The monoisotopic (exact) mass is 364 g/mol. The van der Waals surface area contributed by atoms with Crippen LogP contribution in [0.1, 0.15) is 37.4 Å². The van der Waals surface area contributed by atoms with Gasteiger partial charge in [0.1, 0.15) is 16.2 Å².